The third kappa shape index (κ3) is 2.44. The van der Waals surface area contributed by atoms with Gasteiger partial charge in [-0.1, -0.05) is 12.1 Å². The number of hydrogen-bond donors (Lipinski definition) is 2. The van der Waals surface area contributed by atoms with Crippen molar-refractivity contribution in [3.8, 4) is 5.75 Å². The fraction of sp³-hybridized carbons (Fsp3) is 0.400. The molecule has 3 N–H and O–H groups in total. The summed E-state index contributed by atoms with van der Waals surface area (Å²) in [6.45, 7) is 2.99. The van der Waals surface area contributed by atoms with Crippen LogP contribution in [0.5, 0.6) is 5.75 Å². The molecule has 0 aliphatic heterocycles. The fourth-order valence-corrected chi connectivity index (χ4v) is 1.16. The molecular formula is C10H15NO2. The van der Waals surface area contributed by atoms with Crippen LogP contribution in [0, 0.1) is 6.92 Å². The van der Waals surface area contributed by atoms with Gasteiger partial charge in [0.2, 0.25) is 0 Å². The smallest absolute Gasteiger partial charge is 0.122 e. The minimum Gasteiger partial charge on any atom is -0.492 e. The van der Waals surface area contributed by atoms with E-state index in [0.29, 0.717) is 13.2 Å². The van der Waals surface area contributed by atoms with Gasteiger partial charge >= 0.3 is 0 Å². The van der Waals surface area contributed by atoms with Crippen molar-refractivity contribution in [1.82, 2.24) is 0 Å². The van der Waals surface area contributed by atoms with Gasteiger partial charge in [-0.05, 0) is 24.1 Å². The summed E-state index contributed by atoms with van der Waals surface area (Å²) in [6, 6.07) is 5.62. The SMILES string of the molecule is Cc1c(CO)cccc1OCCN. The molecule has 0 radical (unpaired) electrons. The van der Waals surface area contributed by atoms with Crippen molar-refractivity contribution < 1.29 is 9.84 Å². The number of hydrogen-bond acceptors (Lipinski definition) is 3. The predicted molar refractivity (Wildman–Crippen MR) is 51.7 cm³/mol. The lowest BCUT2D eigenvalue weighted by Crippen LogP contribution is -2.11. The molecular weight excluding hydrogens is 166 g/mol. The third-order valence-electron chi connectivity index (χ3n) is 1.94. The van der Waals surface area contributed by atoms with Gasteiger partial charge in [-0.25, -0.2) is 0 Å². The maximum Gasteiger partial charge on any atom is 0.122 e. The highest BCUT2D eigenvalue weighted by molar-refractivity contribution is 5.38. The Kier molecular flexibility index (Phi) is 3.73. The number of aliphatic hydroxyl groups is 1. The van der Waals surface area contributed by atoms with Crippen LogP contribution in [-0.2, 0) is 6.61 Å². The second-order valence-electron chi connectivity index (χ2n) is 2.84. The lowest BCUT2D eigenvalue weighted by atomic mass is 10.1. The first-order valence-electron chi connectivity index (χ1n) is 4.31. The van der Waals surface area contributed by atoms with Crippen molar-refractivity contribution in [1.29, 1.82) is 0 Å². The van der Waals surface area contributed by atoms with Crippen molar-refractivity contribution in [2.75, 3.05) is 13.2 Å². The molecule has 0 spiro atoms. The monoisotopic (exact) mass is 181 g/mol. The standard InChI is InChI=1S/C10H15NO2/c1-8-9(7-12)3-2-4-10(8)13-6-5-11/h2-4,12H,5-7,11H2,1H3. The van der Waals surface area contributed by atoms with E-state index >= 15 is 0 Å². The zero-order chi connectivity index (χ0) is 9.68. The van der Waals surface area contributed by atoms with Crippen molar-refractivity contribution in [2.24, 2.45) is 5.73 Å². The van der Waals surface area contributed by atoms with Crippen LogP contribution in [0.1, 0.15) is 11.1 Å². The summed E-state index contributed by atoms with van der Waals surface area (Å²) in [7, 11) is 0. The Balaban J connectivity index is 2.81. The molecule has 0 aliphatic carbocycles. The Morgan fingerprint density at radius 1 is 1.46 bits per heavy atom. The lowest BCUT2D eigenvalue weighted by molar-refractivity contribution is 0.278. The van der Waals surface area contributed by atoms with Gasteiger partial charge in [0.05, 0.1) is 6.61 Å². The van der Waals surface area contributed by atoms with Crippen LogP contribution in [0.15, 0.2) is 18.2 Å². The van der Waals surface area contributed by atoms with Crippen molar-refractivity contribution in [2.45, 2.75) is 13.5 Å². The molecule has 0 saturated heterocycles. The van der Waals surface area contributed by atoms with Crippen LogP contribution < -0.4 is 10.5 Å². The minimum absolute atomic E-state index is 0.0473. The van der Waals surface area contributed by atoms with E-state index in [9.17, 15) is 0 Å². The normalized spacial score (nSPS) is 10.1. The number of aliphatic hydroxyl groups excluding tert-OH is 1. The largest absolute Gasteiger partial charge is 0.492 e. The Bertz CT molecular complexity index is 274. The van der Waals surface area contributed by atoms with Crippen LogP contribution >= 0.6 is 0 Å². The van der Waals surface area contributed by atoms with Crippen LogP contribution in [0.25, 0.3) is 0 Å². The minimum atomic E-state index is 0.0473. The van der Waals surface area contributed by atoms with Crippen molar-refractivity contribution in [3.63, 3.8) is 0 Å². The van der Waals surface area contributed by atoms with Gasteiger partial charge in [0, 0.05) is 6.54 Å². The molecule has 1 aromatic carbocycles. The molecule has 0 amide bonds. The number of rotatable bonds is 4. The molecule has 72 valence electrons. The summed E-state index contributed by atoms with van der Waals surface area (Å²) in [5.41, 5.74) is 7.20. The highest BCUT2D eigenvalue weighted by Crippen LogP contribution is 2.20. The van der Waals surface area contributed by atoms with Gasteiger partial charge in [-0.15, -0.1) is 0 Å². The number of ether oxygens (including phenoxy) is 1. The third-order valence-corrected chi connectivity index (χ3v) is 1.94. The highest BCUT2D eigenvalue weighted by atomic mass is 16.5. The first kappa shape index (κ1) is 10.0. The molecule has 3 nitrogen and oxygen atoms in total. The summed E-state index contributed by atoms with van der Waals surface area (Å²) >= 11 is 0. The van der Waals surface area contributed by atoms with Crippen LogP contribution in [-0.4, -0.2) is 18.3 Å². The number of nitrogens with two attached hydrogens (primary N) is 1. The summed E-state index contributed by atoms with van der Waals surface area (Å²) in [5.74, 6) is 0.803. The fourth-order valence-electron chi connectivity index (χ4n) is 1.16. The average Bonchev–Trinajstić information content (AvgIpc) is 2.16. The number of benzene rings is 1. The first-order valence-corrected chi connectivity index (χ1v) is 4.31. The maximum atomic E-state index is 8.99. The molecule has 1 aromatic rings. The van der Waals surface area contributed by atoms with Gasteiger partial charge in [-0.3, -0.25) is 0 Å². The van der Waals surface area contributed by atoms with Gasteiger partial charge in [-0.2, -0.15) is 0 Å². The van der Waals surface area contributed by atoms with Gasteiger partial charge in [0.15, 0.2) is 0 Å². The van der Waals surface area contributed by atoms with Crippen LogP contribution in [0.3, 0.4) is 0 Å². The van der Waals surface area contributed by atoms with Gasteiger partial charge in [0.1, 0.15) is 12.4 Å². The Morgan fingerprint density at radius 3 is 2.85 bits per heavy atom. The second kappa shape index (κ2) is 4.84. The van der Waals surface area contributed by atoms with E-state index < -0.39 is 0 Å². The molecule has 0 bridgehead atoms. The molecule has 3 heteroatoms. The molecule has 0 fully saturated rings. The molecule has 0 aliphatic rings. The summed E-state index contributed by atoms with van der Waals surface area (Å²) in [6.07, 6.45) is 0. The molecule has 1 rings (SSSR count). The molecule has 0 aromatic heterocycles. The summed E-state index contributed by atoms with van der Waals surface area (Å²) in [5, 5.41) is 8.99. The molecule has 0 unspecified atom stereocenters. The van der Waals surface area contributed by atoms with E-state index in [-0.39, 0.29) is 6.61 Å². The van der Waals surface area contributed by atoms with Gasteiger partial charge < -0.3 is 15.6 Å². The average molecular weight is 181 g/mol. The predicted octanol–water partition coefficient (Wildman–Crippen LogP) is 0.825. The maximum absolute atomic E-state index is 8.99. The summed E-state index contributed by atoms with van der Waals surface area (Å²) in [4.78, 5) is 0. The van der Waals surface area contributed by atoms with E-state index in [4.69, 9.17) is 15.6 Å². The Hall–Kier alpha value is -1.06. The van der Waals surface area contributed by atoms with Crippen LogP contribution in [0.4, 0.5) is 0 Å². The van der Waals surface area contributed by atoms with Crippen molar-refractivity contribution in [3.05, 3.63) is 29.3 Å². The second-order valence-corrected chi connectivity index (χ2v) is 2.84. The summed E-state index contributed by atoms with van der Waals surface area (Å²) < 4.78 is 5.39. The van der Waals surface area contributed by atoms with Crippen LogP contribution in [0.2, 0.25) is 0 Å². The lowest BCUT2D eigenvalue weighted by Gasteiger charge is -2.10. The van der Waals surface area contributed by atoms with E-state index in [1.54, 1.807) is 0 Å². The molecule has 0 saturated carbocycles. The van der Waals surface area contributed by atoms with E-state index in [0.717, 1.165) is 16.9 Å². The Morgan fingerprint density at radius 2 is 2.23 bits per heavy atom. The zero-order valence-corrected chi connectivity index (χ0v) is 7.79. The Labute approximate surface area is 78.1 Å². The molecule has 0 atom stereocenters. The van der Waals surface area contributed by atoms with Crippen molar-refractivity contribution >= 4 is 0 Å². The van der Waals surface area contributed by atoms with E-state index in [2.05, 4.69) is 0 Å². The van der Waals surface area contributed by atoms with E-state index in [1.807, 2.05) is 25.1 Å². The quantitative estimate of drug-likeness (QED) is 0.723. The first-order chi connectivity index (χ1) is 6.29. The molecule has 0 heterocycles. The zero-order valence-electron chi connectivity index (χ0n) is 7.79. The van der Waals surface area contributed by atoms with Gasteiger partial charge in [0.25, 0.3) is 0 Å². The molecule has 13 heavy (non-hydrogen) atoms. The highest BCUT2D eigenvalue weighted by Gasteiger charge is 2.02. The topological polar surface area (TPSA) is 55.5 Å². The van der Waals surface area contributed by atoms with E-state index in [1.165, 1.54) is 0 Å².